The van der Waals surface area contributed by atoms with E-state index in [-0.39, 0.29) is 0 Å². The maximum atomic E-state index is 11.6. The van der Waals surface area contributed by atoms with Crippen LogP contribution in [-0.2, 0) is 28.6 Å². The second kappa shape index (κ2) is 4.99. The number of rotatable bonds is 4. The summed E-state index contributed by atoms with van der Waals surface area (Å²) in [5.41, 5.74) is 0. The molecule has 1 saturated carbocycles. The van der Waals surface area contributed by atoms with Gasteiger partial charge in [0.2, 0.25) is 0 Å². The quantitative estimate of drug-likeness (QED) is 0.682. The van der Waals surface area contributed by atoms with Gasteiger partial charge in [-0.25, -0.2) is 0 Å². The van der Waals surface area contributed by atoms with E-state index >= 15 is 0 Å². The Morgan fingerprint density at radius 2 is 1.12 bits per heavy atom. The van der Waals surface area contributed by atoms with Crippen molar-refractivity contribution >= 4 is 20.2 Å². The van der Waals surface area contributed by atoms with Crippen LogP contribution in [0.5, 0.6) is 0 Å². The molecular weight excluding hydrogens is 256 g/mol. The zero-order valence-electron chi connectivity index (χ0n) is 9.25. The van der Waals surface area contributed by atoms with Crippen molar-refractivity contribution in [3.8, 4) is 0 Å². The first-order valence-corrected chi connectivity index (χ1v) is 7.88. The molecule has 0 amide bonds. The molecule has 1 rings (SSSR count). The van der Waals surface area contributed by atoms with E-state index < -0.39 is 30.7 Å². The van der Waals surface area contributed by atoms with Gasteiger partial charge in [0.05, 0.1) is 14.2 Å². The zero-order chi connectivity index (χ0) is 12.4. The maximum Gasteiger partial charge on any atom is 0.271 e. The summed E-state index contributed by atoms with van der Waals surface area (Å²) < 4.78 is 55.1. The van der Waals surface area contributed by atoms with E-state index in [2.05, 4.69) is 8.37 Å². The molecule has 96 valence electrons. The molecule has 0 bridgehead atoms. The summed E-state index contributed by atoms with van der Waals surface area (Å²) in [6, 6.07) is 0. The van der Waals surface area contributed by atoms with Gasteiger partial charge in [0, 0.05) is 0 Å². The van der Waals surface area contributed by atoms with Crippen molar-refractivity contribution in [2.45, 2.75) is 36.2 Å². The minimum Gasteiger partial charge on any atom is -0.273 e. The Balaban J connectivity index is 3.07. The topological polar surface area (TPSA) is 86.7 Å². The average molecular weight is 272 g/mol. The Labute approximate surface area is 96.2 Å². The predicted octanol–water partition coefficient (Wildman–Crippen LogP) is 0.250. The fourth-order valence-corrected chi connectivity index (χ4v) is 5.21. The molecule has 0 aromatic carbocycles. The van der Waals surface area contributed by atoms with E-state index in [1.807, 2.05) is 0 Å². The Bertz CT molecular complexity index is 381. The lowest BCUT2D eigenvalue weighted by atomic mass is 10.00. The van der Waals surface area contributed by atoms with Crippen molar-refractivity contribution in [1.29, 1.82) is 0 Å². The lowest BCUT2D eigenvalue weighted by Gasteiger charge is -2.28. The van der Waals surface area contributed by atoms with Crippen molar-refractivity contribution in [2.24, 2.45) is 0 Å². The normalized spacial score (nSPS) is 27.9. The van der Waals surface area contributed by atoms with Crippen LogP contribution in [-0.4, -0.2) is 41.6 Å². The number of hydrogen-bond donors (Lipinski definition) is 0. The Morgan fingerprint density at radius 1 is 0.812 bits per heavy atom. The van der Waals surface area contributed by atoms with E-state index in [0.717, 1.165) is 14.2 Å². The average Bonchev–Trinajstić information content (AvgIpc) is 2.29. The molecule has 8 heteroatoms. The predicted molar refractivity (Wildman–Crippen MR) is 57.9 cm³/mol. The second-order valence-corrected chi connectivity index (χ2v) is 7.53. The molecular formula is C8H16O6S2. The molecule has 0 spiro atoms. The first-order valence-electron chi connectivity index (χ1n) is 4.94. The molecule has 0 radical (unpaired) electrons. The second-order valence-electron chi connectivity index (χ2n) is 3.68. The van der Waals surface area contributed by atoms with Gasteiger partial charge >= 0.3 is 0 Å². The summed E-state index contributed by atoms with van der Waals surface area (Å²) in [5, 5.41) is -2.03. The van der Waals surface area contributed by atoms with Crippen molar-refractivity contribution < 1.29 is 25.2 Å². The molecule has 0 N–H and O–H groups in total. The van der Waals surface area contributed by atoms with Crippen LogP contribution in [0.3, 0.4) is 0 Å². The fourth-order valence-electron chi connectivity index (χ4n) is 1.97. The van der Waals surface area contributed by atoms with Crippen LogP contribution in [0.15, 0.2) is 0 Å². The number of hydrogen-bond acceptors (Lipinski definition) is 6. The molecule has 6 nitrogen and oxygen atoms in total. The first kappa shape index (κ1) is 13.9. The van der Waals surface area contributed by atoms with Crippen LogP contribution in [0.4, 0.5) is 0 Å². The van der Waals surface area contributed by atoms with Crippen molar-refractivity contribution in [3.63, 3.8) is 0 Å². The van der Waals surface area contributed by atoms with E-state index in [4.69, 9.17) is 0 Å². The summed E-state index contributed by atoms with van der Waals surface area (Å²) in [6.45, 7) is 0. The van der Waals surface area contributed by atoms with Crippen molar-refractivity contribution in [3.05, 3.63) is 0 Å². The van der Waals surface area contributed by atoms with Gasteiger partial charge in [0.25, 0.3) is 20.2 Å². The van der Waals surface area contributed by atoms with Gasteiger partial charge in [-0.1, -0.05) is 12.8 Å². The van der Waals surface area contributed by atoms with Crippen LogP contribution in [0, 0.1) is 0 Å². The lowest BCUT2D eigenvalue weighted by Crippen LogP contribution is -2.42. The van der Waals surface area contributed by atoms with Crippen molar-refractivity contribution in [1.82, 2.24) is 0 Å². The van der Waals surface area contributed by atoms with Gasteiger partial charge in [-0.15, -0.1) is 0 Å². The van der Waals surface area contributed by atoms with E-state index in [1.54, 1.807) is 0 Å². The molecule has 0 saturated heterocycles. The third kappa shape index (κ3) is 2.73. The van der Waals surface area contributed by atoms with Gasteiger partial charge in [-0.2, -0.15) is 16.8 Å². The highest BCUT2D eigenvalue weighted by Gasteiger charge is 2.43. The molecule has 1 fully saturated rings. The molecule has 0 aliphatic heterocycles. The minimum absolute atomic E-state index is 0.295. The van der Waals surface area contributed by atoms with Crippen LogP contribution >= 0.6 is 0 Å². The first-order chi connectivity index (χ1) is 7.35. The summed E-state index contributed by atoms with van der Waals surface area (Å²) >= 11 is 0. The molecule has 0 aromatic heterocycles. The fraction of sp³-hybridized carbons (Fsp3) is 1.00. The Morgan fingerprint density at radius 3 is 1.38 bits per heavy atom. The Kier molecular flexibility index (Phi) is 4.33. The summed E-state index contributed by atoms with van der Waals surface area (Å²) in [5.74, 6) is 0. The highest BCUT2D eigenvalue weighted by atomic mass is 32.2. The van der Waals surface area contributed by atoms with Crippen LogP contribution in [0.25, 0.3) is 0 Å². The third-order valence-electron chi connectivity index (χ3n) is 2.85. The van der Waals surface area contributed by atoms with Crippen LogP contribution in [0.2, 0.25) is 0 Å². The van der Waals surface area contributed by atoms with Gasteiger partial charge in [-0.05, 0) is 12.8 Å². The smallest absolute Gasteiger partial charge is 0.271 e. The van der Waals surface area contributed by atoms with Gasteiger partial charge < -0.3 is 0 Å². The molecule has 2 atom stereocenters. The molecule has 0 heterocycles. The SMILES string of the molecule is COS(=O)(=O)C1CCCCC1S(=O)(=O)OC. The van der Waals surface area contributed by atoms with Crippen LogP contribution < -0.4 is 0 Å². The van der Waals surface area contributed by atoms with E-state index in [9.17, 15) is 16.8 Å². The molecule has 16 heavy (non-hydrogen) atoms. The highest BCUT2D eigenvalue weighted by molar-refractivity contribution is 7.91. The maximum absolute atomic E-state index is 11.6. The molecule has 2 unspecified atom stereocenters. The van der Waals surface area contributed by atoms with E-state index in [0.29, 0.717) is 25.7 Å². The van der Waals surface area contributed by atoms with Crippen LogP contribution in [0.1, 0.15) is 25.7 Å². The molecule has 0 aromatic rings. The summed E-state index contributed by atoms with van der Waals surface area (Å²) in [7, 11) is -5.56. The highest BCUT2D eigenvalue weighted by Crippen LogP contribution is 2.30. The lowest BCUT2D eigenvalue weighted by molar-refractivity contribution is 0.345. The minimum atomic E-state index is -3.82. The monoisotopic (exact) mass is 272 g/mol. The summed E-state index contributed by atoms with van der Waals surface area (Å²) in [4.78, 5) is 0. The standard InChI is InChI=1S/C8H16O6S2/c1-13-15(9,10)7-5-3-4-6-8(7)16(11,12)14-2/h7-8H,3-6H2,1-2H3. The van der Waals surface area contributed by atoms with Gasteiger partial charge in [0.15, 0.2) is 0 Å². The zero-order valence-corrected chi connectivity index (χ0v) is 10.9. The van der Waals surface area contributed by atoms with Crippen molar-refractivity contribution in [2.75, 3.05) is 14.2 Å². The molecule has 1 aliphatic carbocycles. The van der Waals surface area contributed by atoms with Gasteiger partial charge in [0.1, 0.15) is 10.5 Å². The van der Waals surface area contributed by atoms with Gasteiger partial charge in [-0.3, -0.25) is 8.37 Å². The Hall–Kier alpha value is -0.180. The molecule has 1 aliphatic rings. The summed E-state index contributed by atoms with van der Waals surface area (Å²) in [6.07, 6.45) is 1.96. The largest absolute Gasteiger partial charge is 0.273 e. The third-order valence-corrected chi connectivity index (χ3v) is 6.56. The van der Waals surface area contributed by atoms with E-state index in [1.165, 1.54) is 0 Å².